The van der Waals surface area contributed by atoms with Gasteiger partial charge in [0.2, 0.25) is 8.32 Å². The molecule has 0 saturated carbocycles. The minimum atomic E-state index is -2.02. The van der Waals surface area contributed by atoms with Crippen molar-refractivity contribution >= 4 is 14.3 Å². The fraction of sp³-hybridized carbons (Fsp3) is 0.850. The van der Waals surface area contributed by atoms with Gasteiger partial charge in [-0.25, -0.2) is 0 Å². The van der Waals surface area contributed by atoms with Crippen LogP contribution >= 0.6 is 0 Å². The average Bonchev–Trinajstić information content (AvgIpc) is 2.50. The molecule has 0 aliphatic carbocycles. The van der Waals surface area contributed by atoms with Crippen molar-refractivity contribution < 1.29 is 14.0 Å². The van der Waals surface area contributed by atoms with Gasteiger partial charge in [-0.2, -0.15) is 0 Å². The van der Waals surface area contributed by atoms with E-state index in [1.165, 1.54) is 7.11 Å². The lowest BCUT2D eigenvalue weighted by Crippen LogP contribution is -2.50. The number of methoxy groups -OCH3 is 1. The summed E-state index contributed by atoms with van der Waals surface area (Å²) in [6.45, 7) is 15.7. The summed E-state index contributed by atoms with van der Waals surface area (Å²) in [6.07, 6.45) is 3.94. The molecule has 24 heavy (non-hydrogen) atoms. The molecule has 0 aliphatic heterocycles. The van der Waals surface area contributed by atoms with Gasteiger partial charge in [-0.1, -0.05) is 54.9 Å². The van der Waals surface area contributed by atoms with Crippen molar-refractivity contribution in [2.45, 2.75) is 103 Å². The number of carbonyl (C=O) groups excluding carboxylic acids is 1. The van der Waals surface area contributed by atoms with E-state index in [1.54, 1.807) is 0 Å². The van der Waals surface area contributed by atoms with E-state index in [2.05, 4.69) is 60.3 Å². The highest BCUT2D eigenvalue weighted by molar-refractivity contribution is 6.77. The van der Waals surface area contributed by atoms with Crippen molar-refractivity contribution in [3.05, 3.63) is 0 Å². The largest absolute Gasteiger partial charge is 0.469 e. The average molecular weight is 355 g/mol. The van der Waals surface area contributed by atoms with E-state index < -0.39 is 8.32 Å². The van der Waals surface area contributed by atoms with Crippen molar-refractivity contribution in [3.63, 3.8) is 0 Å². The highest BCUT2D eigenvalue weighted by atomic mass is 28.4. The Morgan fingerprint density at radius 1 is 1.00 bits per heavy atom. The fourth-order valence-electron chi connectivity index (χ4n) is 3.66. The first-order chi connectivity index (χ1) is 11.2. The van der Waals surface area contributed by atoms with Crippen LogP contribution in [0.25, 0.3) is 0 Å². The van der Waals surface area contributed by atoms with E-state index in [4.69, 9.17) is 9.16 Å². The summed E-state index contributed by atoms with van der Waals surface area (Å²) in [5, 5.41) is 0. The van der Waals surface area contributed by atoms with Gasteiger partial charge >= 0.3 is 5.97 Å². The quantitative estimate of drug-likeness (QED) is 0.219. The molecule has 3 nitrogen and oxygen atoms in total. The number of unbranched alkanes of at least 4 members (excludes halogenated alkanes) is 2. The Hall–Kier alpha value is -0.793. The molecule has 1 unspecified atom stereocenters. The summed E-state index contributed by atoms with van der Waals surface area (Å²) in [5.41, 5.74) is 1.47. The van der Waals surface area contributed by atoms with E-state index in [0.717, 1.165) is 19.3 Å². The molecule has 0 amide bonds. The molecule has 140 valence electrons. The molecule has 0 aromatic heterocycles. The zero-order valence-corrected chi connectivity index (χ0v) is 18.1. The van der Waals surface area contributed by atoms with Gasteiger partial charge in [0.25, 0.3) is 0 Å². The van der Waals surface area contributed by atoms with Crippen LogP contribution in [-0.2, 0) is 14.0 Å². The van der Waals surface area contributed by atoms with E-state index in [-0.39, 0.29) is 12.1 Å². The Labute approximate surface area is 151 Å². The third-order valence-electron chi connectivity index (χ3n) is 4.81. The first kappa shape index (κ1) is 23.2. The molecular formula is C20H38O3Si. The van der Waals surface area contributed by atoms with Crippen molar-refractivity contribution in [3.8, 4) is 11.8 Å². The van der Waals surface area contributed by atoms with Gasteiger partial charge < -0.3 is 9.16 Å². The molecule has 0 radical (unpaired) electrons. The van der Waals surface area contributed by atoms with Crippen molar-refractivity contribution in [2.75, 3.05) is 7.11 Å². The van der Waals surface area contributed by atoms with Crippen molar-refractivity contribution in [1.29, 1.82) is 0 Å². The topological polar surface area (TPSA) is 35.5 Å². The molecule has 0 aromatic carbocycles. The molecule has 0 saturated heterocycles. The lowest BCUT2D eigenvalue weighted by Gasteiger charge is -2.44. The van der Waals surface area contributed by atoms with Gasteiger partial charge in [0, 0.05) is 12.8 Å². The van der Waals surface area contributed by atoms with Crippen LogP contribution < -0.4 is 0 Å². The van der Waals surface area contributed by atoms with Gasteiger partial charge in [-0.15, -0.1) is 11.8 Å². The van der Waals surface area contributed by atoms with Crippen LogP contribution in [0, 0.1) is 11.8 Å². The van der Waals surface area contributed by atoms with Crippen LogP contribution in [0.2, 0.25) is 16.6 Å². The number of ether oxygens (including phenoxy) is 1. The third kappa shape index (κ3) is 6.99. The minimum Gasteiger partial charge on any atom is -0.469 e. The lowest BCUT2D eigenvalue weighted by atomic mass is 10.2. The van der Waals surface area contributed by atoms with Crippen LogP contribution in [0.1, 0.15) is 80.6 Å². The number of hydrogen-bond donors (Lipinski definition) is 0. The number of carbonyl (C=O) groups is 1. The molecule has 0 aliphatic rings. The first-order valence-electron chi connectivity index (χ1n) is 9.42. The predicted molar refractivity (Wildman–Crippen MR) is 104 cm³/mol. The molecular weight excluding hydrogens is 316 g/mol. The molecule has 0 rings (SSSR count). The zero-order valence-electron chi connectivity index (χ0n) is 17.1. The molecule has 4 heteroatoms. The Kier molecular flexibility index (Phi) is 11.3. The second-order valence-electron chi connectivity index (χ2n) is 7.50. The minimum absolute atomic E-state index is 0.162. The molecule has 0 N–H and O–H groups in total. The second kappa shape index (κ2) is 11.7. The monoisotopic (exact) mass is 354 g/mol. The summed E-state index contributed by atoms with van der Waals surface area (Å²) in [7, 11) is -0.586. The standard InChI is InChI=1S/C20H38O3Si/c1-9-10-11-12-13-14-19(15-20(21)22-8)23-24(16(2)3,17(4)5)18(6)7/h16-19H,9-11,14-15H2,1-8H3. The first-order valence-corrected chi connectivity index (χ1v) is 11.6. The normalized spacial score (nSPS) is 13.1. The Morgan fingerprint density at radius 2 is 1.54 bits per heavy atom. The van der Waals surface area contributed by atoms with Crippen LogP contribution in [0.3, 0.4) is 0 Å². The maximum absolute atomic E-state index is 11.8. The van der Waals surface area contributed by atoms with E-state index in [1.807, 2.05) is 0 Å². The van der Waals surface area contributed by atoms with E-state index >= 15 is 0 Å². The van der Waals surface area contributed by atoms with Gasteiger partial charge in [0.15, 0.2) is 0 Å². The Morgan fingerprint density at radius 3 is 1.96 bits per heavy atom. The molecule has 0 spiro atoms. The number of rotatable bonds is 10. The van der Waals surface area contributed by atoms with Gasteiger partial charge in [0.1, 0.15) is 0 Å². The maximum Gasteiger partial charge on any atom is 0.308 e. The zero-order chi connectivity index (χ0) is 18.8. The lowest BCUT2D eigenvalue weighted by molar-refractivity contribution is -0.142. The number of esters is 1. The van der Waals surface area contributed by atoms with E-state index in [0.29, 0.717) is 29.5 Å². The van der Waals surface area contributed by atoms with Gasteiger partial charge in [-0.05, 0) is 23.0 Å². The Bertz CT molecular complexity index is 397. The smallest absolute Gasteiger partial charge is 0.308 e. The van der Waals surface area contributed by atoms with Crippen molar-refractivity contribution in [2.24, 2.45) is 0 Å². The van der Waals surface area contributed by atoms with Crippen molar-refractivity contribution in [1.82, 2.24) is 0 Å². The fourth-order valence-corrected chi connectivity index (χ4v) is 9.22. The molecule has 0 bridgehead atoms. The molecule has 0 heterocycles. The molecule has 0 fully saturated rings. The summed E-state index contributed by atoms with van der Waals surface area (Å²) < 4.78 is 11.6. The summed E-state index contributed by atoms with van der Waals surface area (Å²) >= 11 is 0. The van der Waals surface area contributed by atoms with Crippen LogP contribution in [0.4, 0.5) is 0 Å². The SMILES string of the molecule is CCCCC#CCC(CC(=O)OC)O[Si](C(C)C)(C(C)C)C(C)C. The highest BCUT2D eigenvalue weighted by Gasteiger charge is 2.46. The molecule has 0 aromatic rings. The number of hydrogen-bond acceptors (Lipinski definition) is 3. The van der Waals surface area contributed by atoms with E-state index in [9.17, 15) is 4.79 Å². The van der Waals surface area contributed by atoms with Crippen LogP contribution in [-0.4, -0.2) is 27.5 Å². The predicted octanol–water partition coefficient (Wildman–Crippen LogP) is 5.69. The van der Waals surface area contributed by atoms with Crippen LogP contribution in [0.15, 0.2) is 0 Å². The summed E-state index contributed by atoms with van der Waals surface area (Å²) in [6, 6.07) is 0. The van der Waals surface area contributed by atoms with Crippen LogP contribution in [0.5, 0.6) is 0 Å². The second-order valence-corrected chi connectivity index (χ2v) is 12.9. The molecule has 1 atom stereocenters. The summed E-state index contributed by atoms with van der Waals surface area (Å²) in [5.74, 6) is 6.23. The third-order valence-corrected chi connectivity index (χ3v) is 11.0. The summed E-state index contributed by atoms with van der Waals surface area (Å²) in [4.78, 5) is 11.8. The maximum atomic E-state index is 11.8. The highest BCUT2D eigenvalue weighted by Crippen LogP contribution is 2.43. The van der Waals surface area contributed by atoms with Gasteiger partial charge in [0.05, 0.1) is 19.6 Å². The van der Waals surface area contributed by atoms with Gasteiger partial charge in [-0.3, -0.25) is 4.79 Å². The Balaban J connectivity index is 5.28.